The lowest BCUT2D eigenvalue weighted by atomic mass is 10.2. The Balaban J connectivity index is 2.72. The number of aryl methyl sites for hydroxylation is 1. The van der Waals surface area contributed by atoms with Crippen molar-refractivity contribution in [2.75, 3.05) is 13.2 Å². The van der Waals surface area contributed by atoms with E-state index in [-0.39, 0.29) is 19.0 Å². The number of phenols is 1. The summed E-state index contributed by atoms with van der Waals surface area (Å²) < 4.78 is 5.18. The van der Waals surface area contributed by atoms with Gasteiger partial charge in [0.1, 0.15) is 18.1 Å². The van der Waals surface area contributed by atoms with Crippen LogP contribution in [-0.2, 0) is 0 Å². The third kappa shape index (κ3) is 2.13. The first-order chi connectivity index (χ1) is 5.74. The molecule has 0 spiro atoms. The van der Waals surface area contributed by atoms with E-state index in [0.717, 1.165) is 5.56 Å². The molecule has 0 atom stereocenters. The fourth-order valence-electron chi connectivity index (χ4n) is 0.951. The Bertz CT molecular complexity index is 258. The summed E-state index contributed by atoms with van der Waals surface area (Å²) in [7, 11) is 0. The molecule has 1 aromatic rings. The molecule has 0 fully saturated rings. The van der Waals surface area contributed by atoms with Gasteiger partial charge in [-0.3, -0.25) is 0 Å². The normalized spacial score (nSPS) is 9.83. The zero-order valence-electron chi connectivity index (χ0n) is 6.95. The van der Waals surface area contributed by atoms with Crippen LogP contribution in [0.15, 0.2) is 18.2 Å². The van der Waals surface area contributed by atoms with Crippen molar-refractivity contribution < 1.29 is 14.9 Å². The van der Waals surface area contributed by atoms with Crippen LogP contribution in [0.3, 0.4) is 0 Å². The van der Waals surface area contributed by atoms with Crippen molar-refractivity contribution >= 4 is 0 Å². The number of hydrogen-bond donors (Lipinski definition) is 2. The van der Waals surface area contributed by atoms with Gasteiger partial charge >= 0.3 is 0 Å². The van der Waals surface area contributed by atoms with Gasteiger partial charge in [0.15, 0.2) is 0 Å². The standard InChI is InChI=1S/C9H12O3/c1-7-6-8(11)2-3-9(7)12-5-4-10/h2-3,6,10-11H,4-5H2,1H3. The largest absolute Gasteiger partial charge is 0.508 e. The molecule has 0 amide bonds. The smallest absolute Gasteiger partial charge is 0.122 e. The molecule has 0 unspecified atom stereocenters. The molecule has 0 saturated heterocycles. The Labute approximate surface area is 71.2 Å². The van der Waals surface area contributed by atoms with Crippen molar-refractivity contribution in [3.63, 3.8) is 0 Å². The van der Waals surface area contributed by atoms with Gasteiger partial charge in [-0.05, 0) is 30.7 Å². The van der Waals surface area contributed by atoms with Crippen molar-refractivity contribution in [1.82, 2.24) is 0 Å². The van der Waals surface area contributed by atoms with Crippen molar-refractivity contribution in [1.29, 1.82) is 0 Å². The summed E-state index contributed by atoms with van der Waals surface area (Å²) in [6.45, 7) is 2.12. The molecule has 0 aromatic heterocycles. The Kier molecular flexibility index (Phi) is 2.94. The van der Waals surface area contributed by atoms with Crippen LogP contribution in [0.1, 0.15) is 5.56 Å². The highest BCUT2D eigenvalue weighted by Crippen LogP contribution is 2.21. The minimum absolute atomic E-state index is 0.000314. The number of phenolic OH excluding ortho intramolecular Hbond substituents is 1. The van der Waals surface area contributed by atoms with E-state index in [2.05, 4.69) is 0 Å². The molecule has 0 aliphatic rings. The summed E-state index contributed by atoms with van der Waals surface area (Å²) in [6.07, 6.45) is 0. The number of hydrogen-bond acceptors (Lipinski definition) is 3. The Morgan fingerprint density at radius 2 is 2.17 bits per heavy atom. The molecule has 3 heteroatoms. The van der Waals surface area contributed by atoms with Crippen LogP contribution < -0.4 is 4.74 Å². The van der Waals surface area contributed by atoms with Crippen molar-refractivity contribution in [3.8, 4) is 11.5 Å². The fraction of sp³-hybridized carbons (Fsp3) is 0.333. The van der Waals surface area contributed by atoms with Crippen molar-refractivity contribution in [2.45, 2.75) is 6.92 Å². The molecule has 0 saturated carbocycles. The van der Waals surface area contributed by atoms with Gasteiger partial charge in [-0.1, -0.05) is 0 Å². The number of aliphatic hydroxyl groups excluding tert-OH is 1. The maximum absolute atomic E-state index is 9.06. The summed E-state index contributed by atoms with van der Waals surface area (Å²) in [5.74, 6) is 0.922. The molecule has 0 radical (unpaired) electrons. The van der Waals surface area contributed by atoms with E-state index in [0.29, 0.717) is 5.75 Å². The minimum Gasteiger partial charge on any atom is -0.508 e. The highest BCUT2D eigenvalue weighted by atomic mass is 16.5. The summed E-state index contributed by atoms with van der Waals surface area (Å²) in [4.78, 5) is 0. The molecule has 0 heterocycles. The molecule has 0 aliphatic heterocycles. The van der Waals surface area contributed by atoms with Crippen molar-refractivity contribution in [2.24, 2.45) is 0 Å². The topological polar surface area (TPSA) is 49.7 Å². The second-order valence-corrected chi connectivity index (χ2v) is 2.52. The van der Waals surface area contributed by atoms with Gasteiger partial charge in [0, 0.05) is 0 Å². The molecule has 0 bridgehead atoms. The average molecular weight is 168 g/mol. The lowest BCUT2D eigenvalue weighted by Crippen LogP contribution is -2.02. The van der Waals surface area contributed by atoms with Crippen molar-refractivity contribution in [3.05, 3.63) is 23.8 Å². The van der Waals surface area contributed by atoms with Gasteiger partial charge in [-0.25, -0.2) is 0 Å². The molecule has 12 heavy (non-hydrogen) atoms. The summed E-state index contributed by atoms with van der Waals surface area (Å²) in [5.41, 5.74) is 0.864. The Morgan fingerprint density at radius 1 is 1.42 bits per heavy atom. The van der Waals surface area contributed by atoms with E-state index in [9.17, 15) is 0 Å². The highest BCUT2D eigenvalue weighted by molar-refractivity contribution is 5.38. The van der Waals surface area contributed by atoms with E-state index in [1.165, 1.54) is 0 Å². The van der Waals surface area contributed by atoms with E-state index in [1.807, 2.05) is 6.92 Å². The van der Waals surface area contributed by atoms with Crippen LogP contribution in [-0.4, -0.2) is 23.4 Å². The summed E-state index contributed by atoms with van der Waals surface area (Å²) in [6, 6.07) is 4.85. The Hall–Kier alpha value is -1.22. The quantitative estimate of drug-likeness (QED) is 0.709. The van der Waals surface area contributed by atoms with E-state index >= 15 is 0 Å². The SMILES string of the molecule is Cc1cc(O)ccc1OCCO. The second-order valence-electron chi connectivity index (χ2n) is 2.52. The first kappa shape index (κ1) is 8.87. The molecular formula is C9H12O3. The fourth-order valence-corrected chi connectivity index (χ4v) is 0.951. The lowest BCUT2D eigenvalue weighted by molar-refractivity contribution is 0.200. The van der Waals surface area contributed by atoms with Gasteiger partial charge in [0.25, 0.3) is 0 Å². The molecule has 3 nitrogen and oxygen atoms in total. The van der Waals surface area contributed by atoms with Gasteiger partial charge in [-0.2, -0.15) is 0 Å². The lowest BCUT2D eigenvalue weighted by Gasteiger charge is -2.07. The van der Waals surface area contributed by atoms with E-state index in [4.69, 9.17) is 14.9 Å². The number of benzene rings is 1. The van der Waals surface area contributed by atoms with Gasteiger partial charge in [-0.15, -0.1) is 0 Å². The maximum atomic E-state index is 9.06. The second kappa shape index (κ2) is 3.97. The molecule has 66 valence electrons. The van der Waals surface area contributed by atoms with Crippen LogP contribution in [0.25, 0.3) is 0 Å². The van der Waals surface area contributed by atoms with Crippen LogP contribution in [0.5, 0.6) is 11.5 Å². The third-order valence-electron chi connectivity index (χ3n) is 1.51. The molecule has 1 rings (SSSR count). The predicted molar refractivity (Wildman–Crippen MR) is 45.4 cm³/mol. The third-order valence-corrected chi connectivity index (χ3v) is 1.51. The molecule has 2 N–H and O–H groups in total. The monoisotopic (exact) mass is 168 g/mol. The first-order valence-electron chi connectivity index (χ1n) is 3.77. The molecular weight excluding hydrogens is 156 g/mol. The number of aliphatic hydroxyl groups is 1. The van der Waals surface area contributed by atoms with E-state index in [1.54, 1.807) is 18.2 Å². The Morgan fingerprint density at radius 3 is 2.75 bits per heavy atom. The average Bonchev–Trinajstić information content (AvgIpc) is 2.03. The van der Waals surface area contributed by atoms with Gasteiger partial charge in [0.2, 0.25) is 0 Å². The number of aromatic hydroxyl groups is 1. The first-order valence-corrected chi connectivity index (χ1v) is 3.77. The zero-order chi connectivity index (χ0) is 8.97. The van der Waals surface area contributed by atoms with Gasteiger partial charge in [0.05, 0.1) is 6.61 Å². The predicted octanol–water partition coefficient (Wildman–Crippen LogP) is 1.07. The van der Waals surface area contributed by atoms with E-state index < -0.39 is 0 Å². The maximum Gasteiger partial charge on any atom is 0.122 e. The number of ether oxygens (including phenoxy) is 1. The molecule has 1 aromatic carbocycles. The number of rotatable bonds is 3. The van der Waals surface area contributed by atoms with Crippen LogP contribution in [0.2, 0.25) is 0 Å². The highest BCUT2D eigenvalue weighted by Gasteiger charge is 1.98. The summed E-state index contributed by atoms with van der Waals surface area (Å²) >= 11 is 0. The van der Waals surface area contributed by atoms with Crippen LogP contribution in [0.4, 0.5) is 0 Å². The zero-order valence-corrected chi connectivity index (χ0v) is 6.95. The molecule has 0 aliphatic carbocycles. The summed E-state index contributed by atoms with van der Waals surface area (Å²) in [5, 5.41) is 17.6. The van der Waals surface area contributed by atoms with Crippen LogP contribution in [0, 0.1) is 6.92 Å². The van der Waals surface area contributed by atoms with Gasteiger partial charge < -0.3 is 14.9 Å². The minimum atomic E-state index is 0.000314. The van der Waals surface area contributed by atoms with Crippen LogP contribution >= 0.6 is 0 Å².